The van der Waals surface area contributed by atoms with Crippen LogP contribution in [0.15, 0.2) is 12.4 Å². The van der Waals surface area contributed by atoms with E-state index in [0.29, 0.717) is 6.54 Å². The van der Waals surface area contributed by atoms with Gasteiger partial charge in [-0.15, -0.1) is 0 Å². The highest BCUT2D eigenvalue weighted by Gasteiger charge is 2.13. The normalized spacial score (nSPS) is 12.2. The van der Waals surface area contributed by atoms with Gasteiger partial charge in [-0.05, 0) is 20.5 Å². The van der Waals surface area contributed by atoms with Gasteiger partial charge in [0.2, 0.25) is 0 Å². The van der Waals surface area contributed by atoms with Gasteiger partial charge in [-0.25, -0.2) is 9.97 Å². The molecular formula is C12H19N5O2. The van der Waals surface area contributed by atoms with Crippen LogP contribution in [0.2, 0.25) is 0 Å². The fraction of sp³-hybridized carbons (Fsp3) is 0.500. The van der Waals surface area contributed by atoms with Crippen LogP contribution in [0.1, 0.15) is 34.3 Å². The van der Waals surface area contributed by atoms with Gasteiger partial charge in [0.05, 0.1) is 12.4 Å². The molecule has 1 aromatic rings. The molecule has 3 N–H and O–H groups in total. The van der Waals surface area contributed by atoms with Gasteiger partial charge >= 0.3 is 0 Å². The van der Waals surface area contributed by atoms with Crippen LogP contribution in [0.4, 0.5) is 0 Å². The highest BCUT2D eigenvalue weighted by Crippen LogP contribution is 1.99. The first-order chi connectivity index (χ1) is 8.95. The molecule has 0 radical (unpaired) electrons. The number of hydrogen-bond donors (Lipinski definition) is 2. The quantitative estimate of drug-likeness (QED) is 0.731. The zero-order valence-electron chi connectivity index (χ0n) is 11.4. The zero-order chi connectivity index (χ0) is 14.4. The Morgan fingerprint density at radius 1 is 1.32 bits per heavy atom. The van der Waals surface area contributed by atoms with Crippen LogP contribution in [0.3, 0.4) is 0 Å². The van der Waals surface area contributed by atoms with Crippen molar-refractivity contribution in [2.24, 2.45) is 5.73 Å². The zero-order valence-corrected chi connectivity index (χ0v) is 11.4. The minimum Gasteiger partial charge on any atom is -0.364 e. The van der Waals surface area contributed by atoms with Crippen LogP contribution in [0.25, 0.3) is 0 Å². The maximum atomic E-state index is 11.8. The van der Waals surface area contributed by atoms with Crippen molar-refractivity contribution in [3.8, 4) is 0 Å². The highest BCUT2D eigenvalue weighted by molar-refractivity contribution is 5.93. The average Bonchev–Trinajstić information content (AvgIpc) is 2.38. The van der Waals surface area contributed by atoms with Crippen molar-refractivity contribution in [3.05, 3.63) is 23.8 Å². The number of amides is 2. The summed E-state index contributed by atoms with van der Waals surface area (Å²) in [6, 6.07) is 0.266. The number of nitrogens with two attached hydrogens (primary N) is 1. The van der Waals surface area contributed by atoms with Crippen molar-refractivity contribution in [3.63, 3.8) is 0 Å². The Labute approximate surface area is 112 Å². The molecule has 7 heteroatoms. The van der Waals surface area contributed by atoms with Gasteiger partial charge in [0.15, 0.2) is 0 Å². The summed E-state index contributed by atoms with van der Waals surface area (Å²) < 4.78 is 0. The molecule has 0 saturated heterocycles. The number of hydrogen-bond acceptors (Lipinski definition) is 5. The van der Waals surface area contributed by atoms with Crippen molar-refractivity contribution in [2.45, 2.75) is 19.4 Å². The monoisotopic (exact) mass is 265 g/mol. The predicted octanol–water partition coefficient (Wildman–Crippen LogP) is -0.354. The summed E-state index contributed by atoms with van der Waals surface area (Å²) in [6.45, 7) is 2.58. The smallest absolute Gasteiger partial charge is 0.271 e. The molecule has 1 aromatic heterocycles. The van der Waals surface area contributed by atoms with Gasteiger partial charge in [0.25, 0.3) is 11.8 Å². The van der Waals surface area contributed by atoms with Crippen LogP contribution in [0.5, 0.6) is 0 Å². The van der Waals surface area contributed by atoms with E-state index in [2.05, 4.69) is 22.2 Å². The Kier molecular flexibility index (Phi) is 5.37. The second-order valence-electron chi connectivity index (χ2n) is 4.39. The third-order valence-electron chi connectivity index (χ3n) is 2.84. The van der Waals surface area contributed by atoms with E-state index < -0.39 is 5.91 Å². The molecule has 7 nitrogen and oxygen atoms in total. The summed E-state index contributed by atoms with van der Waals surface area (Å²) in [4.78, 5) is 32.3. The average molecular weight is 265 g/mol. The van der Waals surface area contributed by atoms with Crippen LogP contribution in [-0.2, 0) is 0 Å². The van der Waals surface area contributed by atoms with E-state index in [0.717, 1.165) is 6.42 Å². The number of carbonyl (C=O) groups is 2. The van der Waals surface area contributed by atoms with Crippen LogP contribution in [-0.4, -0.2) is 53.4 Å². The number of primary amides is 1. The van der Waals surface area contributed by atoms with Crippen molar-refractivity contribution >= 4 is 11.8 Å². The molecule has 19 heavy (non-hydrogen) atoms. The SMILES string of the molecule is CCC(CNC(=O)c1cnc(C(N)=O)cn1)N(C)C. The van der Waals surface area contributed by atoms with E-state index in [1.54, 1.807) is 0 Å². The molecule has 1 heterocycles. The standard InChI is InChI=1S/C12H19N5O2/c1-4-8(17(2)3)5-16-12(19)10-7-14-9(6-15-10)11(13)18/h6-8H,4-5H2,1-3H3,(H2,13,18)(H,16,19). The van der Waals surface area contributed by atoms with Crippen LogP contribution >= 0.6 is 0 Å². The molecule has 2 amide bonds. The number of rotatable bonds is 6. The summed E-state index contributed by atoms with van der Waals surface area (Å²) in [5.41, 5.74) is 5.25. The van der Waals surface area contributed by atoms with Crippen molar-refractivity contribution in [2.75, 3.05) is 20.6 Å². The lowest BCUT2D eigenvalue weighted by molar-refractivity contribution is 0.0932. The molecule has 0 spiro atoms. The predicted molar refractivity (Wildman–Crippen MR) is 70.6 cm³/mol. The third kappa shape index (κ3) is 4.29. The van der Waals surface area contributed by atoms with Gasteiger partial charge in [0, 0.05) is 12.6 Å². The van der Waals surface area contributed by atoms with E-state index in [9.17, 15) is 9.59 Å². The van der Waals surface area contributed by atoms with Gasteiger partial charge in [-0.3, -0.25) is 9.59 Å². The van der Waals surface area contributed by atoms with E-state index in [1.807, 2.05) is 19.0 Å². The lowest BCUT2D eigenvalue weighted by Gasteiger charge is -2.22. The molecule has 1 atom stereocenters. The van der Waals surface area contributed by atoms with Crippen molar-refractivity contribution in [1.82, 2.24) is 20.2 Å². The molecule has 0 bridgehead atoms. The summed E-state index contributed by atoms with van der Waals surface area (Å²) >= 11 is 0. The molecule has 0 fully saturated rings. The Bertz CT molecular complexity index is 444. The molecule has 0 aliphatic rings. The number of aromatic nitrogens is 2. The van der Waals surface area contributed by atoms with Crippen molar-refractivity contribution in [1.29, 1.82) is 0 Å². The Hall–Kier alpha value is -2.02. The molecule has 1 rings (SSSR count). The molecular weight excluding hydrogens is 246 g/mol. The van der Waals surface area contributed by atoms with E-state index in [-0.39, 0.29) is 23.3 Å². The topological polar surface area (TPSA) is 101 Å². The largest absolute Gasteiger partial charge is 0.364 e. The second-order valence-corrected chi connectivity index (χ2v) is 4.39. The van der Waals surface area contributed by atoms with Crippen LogP contribution < -0.4 is 11.1 Å². The summed E-state index contributed by atoms with van der Waals surface area (Å²) in [6.07, 6.45) is 3.37. The maximum Gasteiger partial charge on any atom is 0.271 e. The molecule has 0 aromatic carbocycles. The summed E-state index contributed by atoms with van der Waals surface area (Å²) in [5, 5.41) is 2.78. The first-order valence-corrected chi connectivity index (χ1v) is 6.02. The number of nitrogens with one attached hydrogen (secondary N) is 1. The van der Waals surface area contributed by atoms with E-state index in [1.165, 1.54) is 12.4 Å². The molecule has 0 aliphatic heterocycles. The Balaban J connectivity index is 2.61. The molecule has 0 aliphatic carbocycles. The Morgan fingerprint density at radius 3 is 2.32 bits per heavy atom. The highest BCUT2D eigenvalue weighted by atomic mass is 16.2. The number of likely N-dealkylation sites (N-methyl/N-ethyl adjacent to an activating group) is 1. The van der Waals surface area contributed by atoms with Crippen LogP contribution in [0, 0.1) is 0 Å². The molecule has 1 unspecified atom stereocenters. The summed E-state index contributed by atoms with van der Waals surface area (Å²) in [5.74, 6) is -0.984. The molecule has 0 saturated carbocycles. The Morgan fingerprint density at radius 2 is 1.89 bits per heavy atom. The van der Waals surface area contributed by atoms with E-state index in [4.69, 9.17) is 5.73 Å². The van der Waals surface area contributed by atoms with Gasteiger partial charge in [-0.1, -0.05) is 6.92 Å². The first-order valence-electron chi connectivity index (χ1n) is 6.02. The maximum absolute atomic E-state index is 11.8. The van der Waals surface area contributed by atoms with Crippen molar-refractivity contribution < 1.29 is 9.59 Å². The third-order valence-corrected chi connectivity index (χ3v) is 2.84. The first kappa shape index (κ1) is 15.0. The van der Waals surface area contributed by atoms with Gasteiger partial charge in [0.1, 0.15) is 11.4 Å². The minimum atomic E-state index is -0.668. The van der Waals surface area contributed by atoms with Gasteiger partial charge < -0.3 is 16.0 Å². The molecule has 104 valence electrons. The number of carbonyl (C=O) groups excluding carboxylic acids is 2. The fourth-order valence-corrected chi connectivity index (χ4v) is 1.57. The summed E-state index contributed by atoms with van der Waals surface area (Å²) in [7, 11) is 3.92. The van der Waals surface area contributed by atoms with E-state index >= 15 is 0 Å². The fourth-order valence-electron chi connectivity index (χ4n) is 1.57. The minimum absolute atomic E-state index is 0.0382. The lowest BCUT2D eigenvalue weighted by atomic mass is 10.2. The second kappa shape index (κ2) is 6.79. The van der Waals surface area contributed by atoms with Gasteiger partial charge in [-0.2, -0.15) is 0 Å². The lowest BCUT2D eigenvalue weighted by Crippen LogP contribution is -2.40. The number of nitrogens with zero attached hydrogens (tertiary/aromatic N) is 3.